The Hall–Kier alpha value is -2.86. The number of ether oxygens (including phenoxy) is 1. The van der Waals surface area contributed by atoms with Crippen molar-refractivity contribution >= 4 is 29.3 Å². The number of carbonyl (C=O) groups excluding carboxylic acids is 3. The van der Waals surface area contributed by atoms with Gasteiger partial charge in [0.2, 0.25) is 0 Å². The summed E-state index contributed by atoms with van der Waals surface area (Å²) in [6.07, 6.45) is 0. The molecule has 0 heterocycles. The standard InChI is InChI=1S/C18H17ClN2O4/c1-2-20-18(24)21-16(22)11-25-15-9-5-13(6-10-15)17(23)12-3-7-14(19)8-4-12/h3-10H,2,11H2,1H3,(H2,20,21,22,24). The topological polar surface area (TPSA) is 84.5 Å². The third-order valence-corrected chi connectivity index (χ3v) is 3.44. The monoisotopic (exact) mass is 360 g/mol. The van der Waals surface area contributed by atoms with E-state index in [2.05, 4.69) is 10.6 Å². The Morgan fingerprint density at radius 3 is 2.08 bits per heavy atom. The van der Waals surface area contributed by atoms with E-state index >= 15 is 0 Å². The van der Waals surface area contributed by atoms with E-state index in [0.717, 1.165) is 0 Å². The number of nitrogens with one attached hydrogen (secondary N) is 2. The predicted molar refractivity (Wildman–Crippen MR) is 94.0 cm³/mol. The largest absolute Gasteiger partial charge is 0.484 e. The number of rotatable bonds is 6. The number of ketones is 1. The number of hydrogen-bond donors (Lipinski definition) is 2. The van der Waals surface area contributed by atoms with Crippen LogP contribution in [0, 0.1) is 0 Å². The normalized spacial score (nSPS) is 10.0. The first-order valence-electron chi connectivity index (χ1n) is 7.60. The number of halogens is 1. The fourth-order valence-electron chi connectivity index (χ4n) is 1.99. The van der Waals surface area contributed by atoms with Gasteiger partial charge >= 0.3 is 6.03 Å². The van der Waals surface area contributed by atoms with Gasteiger partial charge in [-0.05, 0) is 55.5 Å². The van der Waals surface area contributed by atoms with Gasteiger partial charge < -0.3 is 10.1 Å². The third kappa shape index (κ3) is 5.61. The maximum atomic E-state index is 12.3. The lowest BCUT2D eigenvalue weighted by molar-refractivity contribution is -0.122. The zero-order valence-electron chi connectivity index (χ0n) is 13.5. The second kappa shape index (κ2) is 8.84. The highest BCUT2D eigenvalue weighted by atomic mass is 35.5. The van der Waals surface area contributed by atoms with Crippen LogP contribution in [-0.4, -0.2) is 30.9 Å². The van der Waals surface area contributed by atoms with Gasteiger partial charge in [-0.2, -0.15) is 0 Å². The molecule has 0 radical (unpaired) electrons. The van der Waals surface area contributed by atoms with E-state index in [-0.39, 0.29) is 12.4 Å². The zero-order valence-corrected chi connectivity index (χ0v) is 14.3. The first kappa shape index (κ1) is 18.5. The van der Waals surface area contributed by atoms with Crippen molar-refractivity contribution in [2.24, 2.45) is 0 Å². The molecule has 0 aliphatic rings. The molecule has 2 aromatic rings. The smallest absolute Gasteiger partial charge is 0.321 e. The van der Waals surface area contributed by atoms with Crippen molar-refractivity contribution in [3.63, 3.8) is 0 Å². The average Bonchev–Trinajstić information content (AvgIpc) is 2.60. The van der Waals surface area contributed by atoms with Crippen molar-refractivity contribution in [3.8, 4) is 5.75 Å². The molecular weight excluding hydrogens is 344 g/mol. The first-order valence-corrected chi connectivity index (χ1v) is 7.98. The number of carbonyl (C=O) groups is 3. The summed E-state index contributed by atoms with van der Waals surface area (Å²) in [5.74, 6) is -0.289. The molecule has 6 nitrogen and oxygen atoms in total. The van der Waals surface area contributed by atoms with E-state index in [1.54, 1.807) is 55.5 Å². The summed E-state index contributed by atoms with van der Waals surface area (Å²) in [6, 6.07) is 12.4. The molecule has 0 aromatic heterocycles. The van der Waals surface area contributed by atoms with Crippen molar-refractivity contribution in [3.05, 3.63) is 64.7 Å². The summed E-state index contributed by atoms with van der Waals surface area (Å²) in [7, 11) is 0. The third-order valence-electron chi connectivity index (χ3n) is 3.18. The van der Waals surface area contributed by atoms with Crippen LogP contribution in [0.5, 0.6) is 5.75 Å². The quantitative estimate of drug-likeness (QED) is 0.776. The van der Waals surface area contributed by atoms with Crippen LogP contribution in [0.2, 0.25) is 5.02 Å². The maximum absolute atomic E-state index is 12.3. The van der Waals surface area contributed by atoms with Crippen molar-refractivity contribution < 1.29 is 19.1 Å². The van der Waals surface area contributed by atoms with Gasteiger partial charge in [-0.15, -0.1) is 0 Å². The molecule has 3 amide bonds. The molecule has 0 saturated carbocycles. The molecule has 25 heavy (non-hydrogen) atoms. The Balaban J connectivity index is 1.91. The van der Waals surface area contributed by atoms with Gasteiger partial charge in [0.25, 0.3) is 5.91 Å². The lowest BCUT2D eigenvalue weighted by Crippen LogP contribution is -2.41. The van der Waals surface area contributed by atoms with Crippen molar-refractivity contribution in [2.75, 3.05) is 13.2 Å². The van der Waals surface area contributed by atoms with Crippen LogP contribution >= 0.6 is 11.6 Å². The van der Waals surface area contributed by atoms with Gasteiger partial charge in [0.1, 0.15) is 5.75 Å². The van der Waals surface area contributed by atoms with Crippen molar-refractivity contribution in [2.45, 2.75) is 6.92 Å². The minimum Gasteiger partial charge on any atom is -0.484 e. The highest BCUT2D eigenvalue weighted by Gasteiger charge is 2.10. The van der Waals surface area contributed by atoms with Crippen molar-refractivity contribution in [1.82, 2.24) is 10.6 Å². The average molecular weight is 361 g/mol. The number of urea groups is 1. The lowest BCUT2D eigenvalue weighted by atomic mass is 10.0. The van der Waals surface area contributed by atoms with E-state index in [1.165, 1.54) is 0 Å². The highest BCUT2D eigenvalue weighted by Crippen LogP contribution is 2.17. The minimum atomic E-state index is -0.569. The molecule has 0 saturated heterocycles. The van der Waals surface area contributed by atoms with E-state index in [4.69, 9.17) is 16.3 Å². The maximum Gasteiger partial charge on any atom is 0.321 e. The lowest BCUT2D eigenvalue weighted by Gasteiger charge is -2.08. The van der Waals surface area contributed by atoms with Crippen molar-refractivity contribution in [1.29, 1.82) is 0 Å². The number of benzene rings is 2. The number of hydrogen-bond acceptors (Lipinski definition) is 4. The Kier molecular flexibility index (Phi) is 6.54. The van der Waals surface area contributed by atoms with Gasteiger partial charge in [-0.1, -0.05) is 11.6 Å². The molecule has 0 aliphatic carbocycles. The summed E-state index contributed by atoms with van der Waals surface area (Å²) >= 11 is 5.81. The van der Waals surface area contributed by atoms with Crippen LogP contribution in [0.4, 0.5) is 4.79 Å². The molecule has 0 atom stereocenters. The predicted octanol–water partition coefficient (Wildman–Crippen LogP) is 2.80. The summed E-state index contributed by atoms with van der Waals surface area (Å²) in [6.45, 7) is 1.86. The number of imide groups is 1. The van der Waals surface area contributed by atoms with Crippen LogP contribution in [0.15, 0.2) is 48.5 Å². The minimum absolute atomic E-state index is 0.141. The fourth-order valence-corrected chi connectivity index (χ4v) is 2.11. The molecule has 0 fully saturated rings. The Morgan fingerprint density at radius 2 is 1.52 bits per heavy atom. The Labute approximate surface area is 150 Å². The van der Waals surface area contributed by atoms with Gasteiger partial charge in [-0.25, -0.2) is 4.79 Å². The SMILES string of the molecule is CCNC(=O)NC(=O)COc1ccc(C(=O)c2ccc(Cl)cc2)cc1. The molecule has 7 heteroatoms. The molecule has 2 aromatic carbocycles. The fraction of sp³-hybridized carbons (Fsp3) is 0.167. The van der Waals surface area contributed by atoms with E-state index in [9.17, 15) is 14.4 Å². The second-order valence-corrected chi connectivity index (χ2v) is 5.49. The molecular formula is C18H17ClN2O4. The van der Waals surface area contributed by atoms with Gasteiger partial charge in [0.05, 0.1) is 0 Å². The highest BCUT2D eigenvalue weighted by molar-refractivity contribution is 6.30. The van der Waals surface area contributed by atoms with Crippen LogP contribution in [-0.2, 0) is 4.79 Å². The zero-order chi connectivity index (χ0) is 18.2. The Morgan fingerprint density at radius 1 is 0.960 bits per heavy atom. The molecule has 0 bridgehead atoms. The molecule has 0 spiro atoms. The van der Waals surface area contributed by atoms with E-state index in [1.807, 2.05) is 0 Å². The summed E-state index contributed by atoms with van der Waals surface area (Å²) in [5.41, 5.74) is 1.01. The molecule has 2 rings (SSSR count). The molecule has 0 aliphatic heterocycles. The van der Waals surface area contributed by atoms with E-state index in [0.29, 0.717) is 28.4 Å². The number of amides is 3. The van der Waals surface area contributed by atoms with Crippen LogP contribution in [0.3, 0.4) is 0 Å². The van der Waals surface area contributed by atoms with Crippen LogP contribution in [0.1, 0.15) is 22.8 Å². The molecule has 0 unspecified atom stereocenters. The van der Waals surface area contributed by atoms with Gasteiger partial charge in [-0.3, -0.25) is 14.9 Å². The van der Waals surface area contributed by atoms with E-state index < -0.39 is 11.9 Å². The molecule has 2 N–H and O–H groups in total. The van der Waals surface area contributed by atoms with Crippen LogP contribution < -0.4 is 15.4 Å². The molecule has 130 valence electrons. The second-order valence-electron chi connectivity index (χ2n) is 5.06. The first-order chi connectivity index (χ1) is 12.0. The van der Waals surface area contributed by atoms with Gasteiger partial charge in [0.15, 0.2) is 12.4 Å². The van der Waals surface area contributed by atoms with Gasteiger partial charge in [0, 0.05) is 22.7 Å². The van der Waals surface area contributed by atoms with Crippen LogP contribution in [0.25, 0.3) is 0 Å². The summed E-state index contributed by atoms with van der Waals surface area (Å²) in [4.78, 5) is 35.0. The summed E-state index contributed by atoms with van der Waals surface area (Å²) in [5, 5.41) is 5.13. The summed E-state index contributed by atoms with van der Waals surface area (Å²) < 4.78 is 5.28. The Bertz CT molecular complexity index is 758.